The largest absolute Gasteiger partial charge is 0.481 e. The number of esters is 1. The maximum atomic E-state index is 12.8. The van der Waals surface area contributed by atoms with Crippen LogP contribution in [0.25, 0.3) is 0 Å². The fraction of sp³-hybridized carbons (Fsp3) is 0.909. The van der Waals surface area contributed by atoms with E-state index in [9.17, 15) is 39.8 Å². The molecule has 4 aliphatic rings. The van der Waals surface area contributed by atoms with E-state index in [4.69, 9.17) is 24.0 Å². The second kappa shape index (κ2) is 17.3. The molecule has 0 heterocycles. The molecule has 0 bridgehead atoms. The topological polar surface area (TPSA) is 201 Å². The van der Waals surface area contributed by atoms with Crippen LogP contribution in [0.15, 0.2) is 0 Å². The van der Waals surface area contributed by atoms with Crippen molar-refractivity contribution in [2.24, 2.45) is 29.1 Å². The molecule has 4 saturated carbocycles. The number of carbonyl (C=O) groups is 3. The summed E-state index contributed by atoms with van der Waals surface area (Å²) < 4.78 is 18.2. The third kappa shape index (κ3) is 11.3. The number of aliphatic hydroxyl groups excluding tert-OH is 1. The van der Waals surface area contributed by atoms with Crippen LogP contribution in [0.5, 0.6) is 0 Å². The number of hydrogen-bond acceptors (Lipinski definition) is 11. The fourth-order valence-corrected chi connectivity index (χ4v) is 7.42. The van der Waals surface area contributed by atoms with Crippen LogP contribution in [0.1, 0.15) is 104 Å². The molecule has 0 aliphatic heterocycles. The van der Waals surface area contributed by atoms with Crippen molar-refractivity contribution in [2.75, 3.05) is 19.8 Å². The molecule has 0 amide bonds. The van der Waals surface area contributed by atoms with Crippen LogP contribution in [0.3, 0.4) is 0 Å². The Balaban J connectivity index is 1.07. The zero-order valence-corrected chi connectivity index (χ0v) is 27.7. The molecule has 14 heteroatoms. The Morgan fingerprint density at radius 2 is 1.28 bits per heavy atom. The van der Waals surface area contributed by atoms with Crippen molar-refractivity contribution in [3.63, 3.8) is 0 Å². The number of ether oxygens (including phenoxy) is 3. The van der Waals surface area contributed by atoms with Crippen LogP contribution in [0, 0.1) is 39.2 Å². The first kappa shape index (κ1) is 37.4. The van der Waals surface area contributed by atoms with Gasteiger partial charge in [-0.1, -0.05) is 13.8 Å². The van der Waals surface area contributed by atoms with Gasteiger partial charge >= 0.3 is 17.9 Å². The molecule has 6 unspecified atom stereocenters. The van der Waals surface area contributed by atoms with Crippen molar-refractivity contribution in [3.05, 3.63) is 10.1 Å². The van der Waals surface area contributed by atoms with Gasteiger partial charge in [0, 0.05) is 23.2 Å². The number of hydrogen-bond donors (Lipinski definition) is 3. The highest BCUT2D eigenvalue weighted by molar-refractivity contribution is 5.81. The molecule has 0 aromatic rings. The van der Waals surface area contributed by atoms with E-state index in [0.29, 0.717) is 38.9 Å². The van der Waals surface area contributed by atoms with Crippen molar-refractivity contribution in [3.8, 4) is 0 Å². The van der Waals surface area contributed by atoms with Crippen molar-refractivity contribution in [2.45, 2.75) is 140 Å². The van der Waals surface area contributed by atoms with Crippen molar-refractivity contribution < 1.29 is 58.6 Å². The van der Waals surface area contributed by atoms with Crippen LogP contribution in [-0.2, 0) is 38.4 Å². The number of nitrogens with zero attached hydrogens (tertiary/aromatic N) is 1. The standard InChI is InChI=1S/C33H53NO13/c1-33(2,19-44-24-8-12-26(13-9-24)47-45-17-20-3-5-22(35)16-28(20)30(36)37)18-43-23-6-10-25(11-7-23)46-32(40)27-14-4-21(34(41)42)15-29(27)31(38)39/h20-29,35H,3-19H2,1-2H3,(H,36,37)(H,38,39). The first-order valence-corrected chi connectivity index (χ1v) is 17.3. The molecule has 4 rings (SSSR count). The predicted octanol–water partition coefficient (Wildman–Crippen LogP) is 4.17. The quantitative estimate of drug-likeness (QED) is 0.0970. The molecule has 268 valence electrons. The third-order valence-corrected chi connectivity index (χ3v) is 10.5. The highest BCUT2D eigenvalue weighted by Crippen LogP contribution is 2.35. The van der Waals surface area contributed by atoms with Crippen LogP contribution in [0.2, 0.25) is 0 Å². The Kier molecular flexibility index (Phi) is 13.8. The summed E-state index contributed by atoms with van der Waals surface area (Å²) in [5.74, 6) is -5.40. The van der Waals surface area contributed by atoms with Gasteiger partial charge in [-0.15, -0.1) is 0 Å². The monoisotopic (exact) mass is 671 g/mol. The van der Waals surface area contributed by atoms with Gasteiger partial charge in [-0.25, -0.2) is 9.78 Å². The molecule has 0 aromatic heterocycles. The lowest BCUT2D eigenvalue weighted by atomic mass is 9.77. The molecule has 0 aromatic carbocycles. The van der Waals surface area contributed by atoms with Crippen LogP contribution in [-0.4, -0.2) is 94.5 Å². The molecule has 0 saturated heterocycles. The SMILES string of the molecule is CC(C)(COC1CCC(OOCC2CCC(O)CC2C(=O)O)CC1)COC1CCC(OC(=O)C2CCC([N+](=O)[O-])CC2C(=O)O)CC1. The molecule has 4 aliphatic carbocycles. The summed E-state index contributed by atoms with van der Waals surface area (Å²) >= 11 is 0. The minimum Gasteiger partial charge on any atom is -0.481 e. The number of aliphatic carboxylic acids is 2. The number of aliphatic hydroxyl groups is 1. The van der Waals surface area contributed by atoms with Crippen LogP contribution >= 0.6 is 0 Å². The van der Waals surface area contributed by atoms with E-state index in [2.05, 4.69) is 13.8 Å². The van der Waals surface area contributed by atoms with E-state index >= 15 is 0 Å². The second-order valence-corrected chi connectivity index (χ2v) is 14.9. The Hall–Kier alpha value is -2.39. The van der Waals surface area contributed by atoms with E-state index in [1.54, 1.807) is 0 Å². The normalized spacial score (nSPS) is 35.1. The minimum absolute atomic E-state index is 0.0311. The van der Waals surface area contributed by atoms with E-state index in [-0.39, 0.29) is 68.0 Å². The fourth-order valence-electron chi connectivity index (χ4n) is 7.42. The van der Waals surface area contributed by atoms with Gasteiger partial charge in [0.15, 0.2) is 0 Å². The molecule has 14 nitrogen and oxygen atoms in total. The summed E-state index contributed by atoms with van der Waals surface area (Å²) in [4.78, 5) is 57.8. The molecular weight excluding hydrogens is 618 g/mol. The number of carboxylic acid groups (broad SMARTS) is 2. The summed E-state index contributed by atoms with van der Waals surface area (Å²) in [7, 11) is 0. The molecule has 0 spiro atoms. The Morgan fingerprint density at radius 1 is 0.723 bits per heavy atom. The van der Waals surface area contributed by atoms with Gasteiger partial charge in [0.25, 0.3) is 0 Å². The smallest absolute Gasteiger partial charge is 0.310 e. The predicted molar refractivity (Wildman–Crippen MR) is 165 cm³/mol. The maximum Gasteiger partial charge on any atom is 0.310 e. The lowest BCUT2D eigenvalue weighted by Gasteiger charge is -2.35. The average molecular weight is 672 g/mol. The molecule has 6 atom stereocenters. The lowest BCUT2D eigenvalue weighted by molar-refractivity contribution is -0.528. The molecule has 0 radical (unpaired) electrons. The van der Waals surface area contributed by atoms with Crippen molar-refractivity contribution in [1.29, 1.82) is 0 Å². The van der Waals surface area contributed by atoms with Gasteiger partial charge in [0.2, 0.25) is 6.04 Å². The highest BCUT2D eigenvalue weighted by atomic mass is 17.2. The Morgan fingerprint density at radius 3 is 1.83 bits per heavy atom. The summed E-state index contributed by atoms with van der Waals surface area (Å²) in [6.45, 7) is 5.47. The van der Waals surface area contributed by atoms with E-state index in [0.717, 1.165) is 38.5 Å². The third-order valence-electron chi connectivity index (χ3n) is 10.5. The molecular formula is C33H53NO13. The average Bonchev–Trinajstić information content (AvgIpc) is 3.04. The highest BCUT2D eigenvalue weighted by Gasteiger charge is 2.45. The van der Waals surface area contributed by atoms with Gasteiger partial charge < -0.3 is 29.5 Å². The maximum absolute atomic E-state index is 12.8. The Bertz CT molecular complexity index is 1050. The molecule has 4 fully saturated rings. The van der Waals surface area contributed by atoms with Gasteiger partial charge in [-0.3, -0.25) is 24.5 Å². The summed E-state index contributed by atoms with van der Waals surface area (Å²) in [6.07, 6.45) is 6.74. The summed E-state index contributed by atoms with van der Waals surface area (Å²) in [5, 5.41) is 39.9. The lowest BCUT2D eigenvalue weighted by Crippen LogP contribution is -2.42. The van der Waals surface area contributed by atoms with Crippen LogP contribution < -0.4 is 0 Å². The van der Waals surface area contributed by atoms with Gasteiger partial charge in [-0.05, 0) is 83.0 Å². The first-order valence-electron chi connectivity index (χ1n) is 17.3. The van der Waals surface area contributed by atoms with E-state index in [1.165, 1.54) is 0 Å². The summed E-state index contributed by atoms with van der Waals surface area (Å²) in [6, 6.07) is -0.941. The second-order valence-electron chi connectivity index (χ2n) is 14.9. The number of carboxylic acids is 2. The number of nitro groups is 1. The van der Waals surface area contributed by atoms with E-state index in [1.807, 2.05) is 0 Å². The molecule has 47 heavy (non-hydrogen) atoms. The number of rotatable bonds is 15. The molecule has 3 N–H and O–H groups in total. The summed E-state index contributed by atoms with van der Waals surface area (Å²) in [5.41, 5.74) is -0.206. The number of carbonyl (C=O) groups excluding carboxylic acids is 1. The van der Waals surface area contributed by atoms with Gasteiger partial charge in [-0.2, -0.15) is 0 Å². The van der Waals surface area contributed by atoms with E-state index < -0.39 is 52.7 Å². The van der Waals surface area contributed by atoms with Gasteiger partial charge in [0.1, 0.15) is 6.10 Å². The Labute approximate surface area is 275 Å². The van der Waals surface area contributed by atoms with Gasteiger partial charge in [0.05, 0.1) is 62.0 Å². The minimum atomic E-state index is -1.19. The van der Waals surface area contributed by atoms with Crippen molar-refractivity contribution in [1.82, 2.24) is 0 Å². The first-order chi connectivity index (χ1) is 22.3. The van der Waals surface area contributed by atoms with Crippen LogP contribution in [0.4, 0.5) is 0 Å². The zero-order chi connectivity index (χ0) is 34.1. The van der Waals surface area contributed by atoms with Crippen molar-refractivity contribution >= 4 is 17.9 Å². The zero-order valence-electron chi connectivity index (χ0n) is 27.7.